The lowest BCUT2D eigenvalue weighted by Gasteiger charge is -2.30. The van der Waals surface area contributed by atoms with Crippen LogP contribution < -0.4 is 21.3 Å². The Labute approximate surface area is 220 Å². The van der Waals surface area contributed by atoms with Crippen molar-refractivity contribution in [1.82, 2.24) is 21.3 Å². The third kappa shape index (κ3) is 9.04. The average Bonchev–Trinajstić information content (AvgIpc) is 2.81. The number of fused-ring (bicyclic) bond motifs is 7. The van der Waals surface area contributed by atoms with Gasteiger partial charge in [0, 0.05) is 11.5 Å². The summed E-state index contributed by atoms with van der Waals surface area (Å²) in [5, 5.41) is 22.0. The summed E-state index contributed by atoms with van der Waals surface area (Å²) < 4.78 is 5.67. The van der Waals surface area contributed by atoms with E-state index < -0.39 is 54.1 Å². The first-order chi connectivity index (χ1) is 17.0. The zero-order valence-corrected chi connectivity index (χ0v) is 23.0. The Hall–Kier alpha value is -2.18. The molecule has 202 valence electrons. The van der Waals surface area contributed by atoms with E-state index in [-0.39, 0.29) is 24.0 Å². The number of aliphatic hydroxyl groups is 1. The van der Waals surface area contributed by atoms with Crippen molar-refractivity contribution in [3.63, 3.8) is 0 Å². The number of hydrogen-bond acceptors (Lipinski definition) is 9. The van der Waals surface area contributed by atoms with Gasteiger partial charge in [-0.3, -0.25) is 14.4 Å². The van der Waals surface area contributed by atoms with E-state index in [2.05, 4.69) is 21.3 Å². The van der Waals surface area contributed by atoms with E-state index in [4.69, 9.17) is 4.74 Å². The molecule has 10 nitrogen and oxygen atoms in total. The second-order valence-electron chi connectivity index (χ2n) is 9.39. The molecule has 2 heterocycles. The first-order valence-corrected chi connectivity index (χ1v) is 14.6. The molecular weight excluding hydrogens is 504 g/mol. The zero-order valence-electron chi connectivity index (χ0n) is 21.4. The van der Waals surface area contributed by atoms with Gasteiger partial charge in [-0.05, 0) is 31.3 Å². The molecule has 0 aromatic carbocycles. The van der Waals surface area contributed by atoms with Crippen molar-refractivity contribution >= 4 is 45.3 Å². The fraction of sp³-hybridized carbons (Fsp3) is 0.667. The fourth-order valence-electron chi connectivity index (χ4n) is 3.61. The molecule has 36 heavy (non-hydrogen) atoms. The van der Waals surface area contributed by atoms with Gasteiger partial charge < -0.3 is 31.1 Å². The van der Waals surface area contributed by atoms with Crippen LogP contribution in [0, 0.1) is 11.8 Å². The molecule has 0 aromatic rings. The van der Waals surface area contributed by atoms with Crippen LogP contribution >= 0.6 is 21.6 Å². The topological polar surface area (TPSA) is 146 Å². The van der Waals surface area contributed by atoms with Crippen LogP contribution in [0.25, 0.3) is 0 Å². The van der Waals surface area contributed by atoms with Crippen LogP contribution in [0.15, 0.2) is 23.9 Å². The number of rotatable bonds is 2. The van der Waals surface area contributed by atoms with Crippen molar-refractivity contribution in [3.05, 3.63) is 23.9 Å². The van der Waals surface area contributed by atoms with Crippen LogP contribution in [-0.2, 0) is 23.9 Å². The lowest BCUT2D eigenvalue weighted by Crippen LogP contribution is -2.58. The average molecular weight is 543 g/mol. The van der Waals surface area contributed by atoms with Gasteiger partial charge in [0.1, 0.15) is 24.4 Å². The summed E-state index contributed by atoms with van der Waals surface area (Å²) in [4.78, 5) is 52.1. The molecule has 2 aliphatic heterocycles. The molecular formula is C24H38N4O6S2. The van der Waals surface area contributed by atoms with Crippen molar-refractivity contribution in [2.45, 2.75) is 77.9 Å². The smallest absolute Gasteiger partial charge is 0.329 e. The highest BCUT2D eigenvalue weighted by molar-refractivity contribution is 8.76. The van der Waals surface area contributed by atoms with E-state index in [1.165, 1.54) is 16.9 Å². The van der Waals surface area contributed by atoms with Gasteiger partial charge in [0.2, 0.25) is 11.8 Å². The summed E-state index contributed by atoms with van der Waals surface area (Å²) in [6.45, 7) is 8.78. The number of hydrogen-bond donors (Lipinski definition) is 5. The van der Waals surface area contributed by atoms with Gasteiger partial charge in [0.25, 0.3) is 5.91 Å². The predicted molar refractivity (Wildman–Crippen MR) is 142 cm³/mol. The molecule has 0 spiro atoms. The van der Waals surface area contributed by atoms with E-state index in [0.717, 1.165) is 5.75 Å². The highest BCUT2D eigenvalue weighted by atomic mass is 33.1. The molecule has 0 aliphatic carbocycles. The maximum Gasteiger partial charge on any atom is 0.329 e. The van der Waals surface area contributed by atoms with Gasteiger partial charge in [-0.2, -0.15) is 0 Å². The van der Waals surface area contributed by atoms with E-state index in [0.29, 0.717) is 12.2 Å². The number of ether oxygens (including phenoxy) is 1. The second kappa shape index (κ2) is 14.5. The summed E-state index contributed by atoms with van der Waals surface area (Å²) in [7, 11) is 3.05. The fourth-order valence-corrected chi connectivity index (χ4v) is 5.84. The Balaban J connectivity index is 2.54. The first-order valence-electron chi connectivity index (χ1n) is 12.2. The van der Waals surface area contributed by atoms with Crippen LogP contribution in [-0.4, -0.2) is 70.8 Å². The molecule has 12 heteroatoms. The van der Waals surface area contributed by atoms with Crippen molar-refractivity contribution in [3.8, 4) is 0 Å². The molecule has 3 amide bonds. The van der Waals surface area contributed by atoms with Gasteiger partial charge >= 0.3 is 5.97 Å². The number of amides is 3. The highest BCUT2D eigenvalue weighted by Crippen LogP contribution is 2.24. The van der Waals surface area contributed by atoms with Crippen molar-refractivity contribution < 1.29 is 29.0 Å². The Kier molecular flexibility index (Phi) is 12.1. The number of allylic oxidation sites excluding steroid dienone is 2. The maximum atomic E-state index is 13.2. The summed E-state index contributed by atoms with van der Waals surface area (Å²) in [5.41, 5.74) is 0.0550. The lowest BCUT2D eigenvalue weighted by molar-refractivity contribution is -0.153. The Morgan fingerprint density at radius 2 is 1.69 bits per heavy atom. The summed E-state index contributed by atoms with van der Waals surface area (Å²) in [6.07, 6.45) is 3.35. The van der Waals surface area contributed by atoms with Crippen molar-refractivity contribution in [1.29, 1.82) is 0 Å². The van der Waals surface area contributed by atoms with Gasteiger partial charge in [-0.25, -0.2) is 4.79 Å². The molecule has 0 aromatic heterocycles. The molecule has 1 saturated heterocycles. The molecule has 2 bridgehead atoms. The van der Waals surface area contributed by atoms with Crippen LogP contribution in [0.4, 0.5) is 0 Å². The number of carbonyl (C=O) groups is 4. The minimum atomic E-state index is -1.31. The van der Waals surface area contributed by atoms with Crippen LogP contribution in [0.2, 0.25) is 0 Å². The van der Waals surface area contributed by atoms with Crippen molar-refractivity contribution in [2.24, 2.45) is 11.8 Å². The second-order valence-corrected chi connectivity index (χ2v) is 12.0. The quantitative estimate of drug-likeness (QED) is 0.150. The van der Waals surface area contributed by atoms with E-state index in [1.807, 2.05) is 6.08 Å². The largest absolute Gasteiger partial charge is 0.456 e. The molecule has 5 N–H and O–H groups in total. The third-order valence-electron chi connectivity index (χ3n) is 5.72. The maximum absolute atomic E-state index is 13.2. The minimum Gasteiger partial charge on any atom is -0.456 e. The summed E-state index contributed by atoms with van der Waals surface area (Å²) >= 11 is 0. The summed E-state index contributed by atoms with van der Waals surface area (Å²) in [5.74, 6) is -1.62. The molecule has 5 atom stereocenters. The Morgan fingerprint density at radius 1 is 1.00 bits per heavy atom. The van der Waals surface area contributed by atoms with Gasteiger partial charge in [0.05, 0.1) is 18.2 Å². The molecule has 2 aliphatic rings. The molecule has 0 saturated carbocycles. The van der Waals surface area contributed by atoms with E-state index in [9.17, 15) is 24.3 Å². The minimum absolute atomic E-state index is 0.0550. The molecule has 0 radical (unpaired) electrons. The van der Waals surface area contributed by atoms with Crippen LogP contribution in [0.1, 0.15) is 47.5 Å². The van der Waals surface area contributed by atoms with Gasteiger partial charge in [-0.15, -0.1) is 0 Å². The number of nitrogens with one attached hydrogen (secondary N) is 4. The van der Waals surface area contributed by atoms with Crippen LogP contribution in [0.5, 0.6) is 0 Å². The standard InChI is InChI=1S/C24H38N4O6S2/c1-6-16-21(30)28-20(14(4)5)24(33)34-15-9-7-8-10-35-36-12-17(22(31)25-16)26-23(32)19(13(2)3)27-18(29)11-15/h6-7,9,13-15,17,19-20,22,25,31H,8,10-12H2,1-5H3,(H,26,32)(H,27,29)(H,28,30)/b9-7+,16-6-/t15-,17-,19-,20+,22?/m1/s1. The van der Waals surface area contributed by atoms with E-state index >= 15 is 0 Å². The van der Waals surface area contributed by atoms with Gasteiger partial charge in [-0.1, -0.05) is 61.4 Å². The highest BCUT2D eigenvalue weighted by Gasteiger charge is 2.33. The third-order valence-corrected chi connectivity index (χ3v) is 8.19. The zero-order chi connectivity index (χ0) is 26.8. The monoisotopic (exact) mass is 542 g/mol. The molecule has 1 unspecified atom stereocenters. The Morgan fingerprint density at radius 3 is 2.33 bits per heavy atom. The first kappa shape index (κ1) is 30.0. The Bertz CT molecular complexity index is 864. The number of esters is 1. The van der Waals surface area contributed by atoms with Gasteiger partial charge in [0.15, 0.2) is 0 Å². The number of aliphatic hydroxyl groups excluding tert-OH is 1. The predicted octanol–water partition coefficient (Wildman–Crippen LogP) is 1.22. The molecule has 1 fully saturated rings. The van der Waals surface area contributed by atoms with E-state index in [1.54, 1.807) is 51.5 Å². The SMILES string of the molecule is C/C=C1\NC(O)[C@H]2CSSCC/C=C/[C@H](CC(=O)N[C@H](C(C)C)C(=O)N2)OC(=O)[C@H](C(C)C)NC1=O. The summed E-state index contributed by atoms with van der Waals surface area (Å²) in [6, 6.07) is -2.60. The number of carbonyl (C=O) groups excluding carboxylic acids is 4. The van der Waals surface area contributed by atoms with Crippen LogP contribution in [0.3, 0.4) is 0 Å². The molecule has 2 rings (SSSR count). The van der Waals surface area contributed by atoms with Crippen molar-refractivity contribution in [2.75, 3.05) is 11.5 Å². The lowest BCUT2D eigenvalue weighted by atomic mass is 10.0. The normalized spacial score (nSPS) is 31.7.